The van der Waals surface area contributed by atoms with E-state index >= 15 is 0 Å². The van der Waals surface area contributed by atoms with Gasteiger partial charge in [0.1, 0.15) is 0 Å². The van der Waals surface area contributed by atoms with Crippen molar-refractivity contribution in [1.82, 2.24) is 0 Å². The highest BCUT2D eigenvalue weighted by molar-refractivity contribution is 5.85. The van der Waals surface area contributed by atoms with E-state index in [0.717, 1.165) is 6.08 Å². The molecule has 0 saturated heterocycles. The molecule has 2 N–H and O–H groups in total. The number of ether oxygens (including phenoxy) is 2. The van der Waals surface area contributed by atoms with Gasteiger partial charge in [0.2, 0.25) is 5.91 Å². The maximum Gasteiger partial charge on any atom is 0.244 e. The van der Waals surface area contributed by atoms with E-state index in [4.69, 9.17) is 15.2 Å². The summed E-state index contributed by atoms with van der Waals surface area (Å²) in [6, 6.07) is 0. The molecule has 0 fully saturated rings. The average molecular weight is 187 g/mol. The lowest BCUT2D eigenvalue weighted by Gasteiger charge is -2.13. The van der Waals surface area contributed by atoms with Crippen LogP contribution in [0.15, 0.2) is 12.3 Å². The highest BCUT2D eigenvalue weighted by atomic mass is 16.7. The Bertz CT molecular complexity index is 178. The second-order valence-corrected chi connectivity index (χ2v) is 3.14. The van der Waals surface area contributed by atoms with Crippen molar-refractivity contribution < 1.29 is 14.3 Å². The third kappa shape index (κ3) is 8.88. The van der Waals surface area contributed by atoms with Gasteiger partial charge in [-0.05, 0) is 12.8 Å². The molecule has 0 aromatic rings. The maximum atomic E-state index is 10.3. The van der Waals surface area contributed by atoms with Gasteiger partial charge in [-0.3, -0.25) is 4.79 Å². The van der Waals surface area contributed by atoms with Crippen LogP contribution >= 0.6 is 0 Å². The standard InChI is InChI=1S/C9H17NO3/c1-7(2)6-13-8(3)12-5-4-9(10)11/h4-5,7-8H,6H2,1-3H3,(H2,10,11). The highest BCUT2D eigenvalue weighted by Gasteiger charge is 2.01. The molecule has 0 bridgehead atoms. The van der Waals surface area contributed by atoms with Crippen molar-refractivity contribution in [2.45, 2.75) is 27.1 Å². The Balaban J connectivity index is 3.51. The first-order valence-electron chi connectivity index (χ1n) is 4.25. The number of carbonyl (C=O) groups excluding carboxylic acids is 1. The maximum absolute atomic E-state index is 10.3. The molecule has 76 valence electrons. The second-order valence-electron chi connectivity index (χ2n) is 3.14. The minimum Gasteiger partial charge on any atom is -0.473 e. The molecule has 1 atom stereocenters. The molecule has 0 heterocycles. The molecule has 1 amide bonds. The van der Waals surface area contributed by atoms with Crippen LogP contribution in [0.5, 0.6) is 0 Å². The summed E-state index contributed by atoms with van der Waals surface area (Å²) >= 11 is 0. The third-order valence-electron chi connectivity index (χ3n) is 1.17. The van der Waals surface area contributed by atoms with Gasteiger partial charge >= 0.3 is 0 Å². The van der Waals surface area contributed by atoms with Gasteiger partial charge < -0.3 is 15.2 Å². The van der Waals surface area contributed by atoms with Crippen molar-refractivity contribution >= 4 is 5.91 Å². The van der Waals surface area contributed by atoms with Crippen molar-refractivity contribution in [3.8, 4) is 0 Å². The predicted molar refractivity (Wildman–Crippen MR) is 49.7 cm³/mol. The van der Waals surface area contributed by atoms with E-state index in [9.17, 15) is 4.79 Å². The van der Waals surface area contributed by atoms with Crippen LogP contribution < -0.4 is 5.73 Å². The van der Waals surface area contributed by atoms with Gasteiger partial charge in [-0.15, -0.1) is 0 Å². The molecule has 0 aliphatic carbocycles. The predicted octanol–water partition coefficient (Wildman–Crippen LogP) is 1.02. The monoisotopic (exact) mass is 187 g/mol. The van der Waals surface area contributed by atoms with Gasteiger partial charge in [0.05, 0.1) is 12.9 Å². The summed E-state index contributed by atoms with van der Waals surface area (Å²) in [6.07, 6.45) is 2.04. The fraction of sp³-hybridized carbons (Fsp3) is 0.667. The molecule has 1 unspecified atom stereocenters. The Morgan fingerprint density at radius 3 is 2.54 bits per heavy atom. The summed E-state index contributed by atoms with van der Waals surface area (Å²) in [4.78, 5) is 10.3. The number of rotatable bonds is 6. The molecule has 4 nitrogen and oxygen atoms in total. The molecule has 0 radical (unpaired) electrons. The van der Waals surface area contributed by atoms with Crippen molar-refractivity contribution in [1.29, 1.82) is 0 Å². The number of amides is 1. The largest absolute Gasteiger partial charge is 0.473 e. The van der Waals surface area contributed by atoms with E-state index in [2.05, 4.69) is 0 Å². The van der Waals surface area contributed by atoms with Crippen LogP contribution in [0, 0.1) is 5.92 Å². The normalized spacial score (nSPS) is 13.5. The number of hydrogen-bond donors (Lipinski definition) is 1. The Hall–Kier alpha value is -1.03. The lowest BCUT2D eigenvalue weighted by atomic mass is 10.2. The fourth-order valence-electron chi connectivity index (χ4n) is 0.584. The van der Waals surface area contributed by atoms with Crippen molar-refractivity contribution in [3.05, 3.63) is 12.3 Å². The zero-order valence-corrected chi connectivity index (χ0v) is 8.32. The minimum absolute atomic E-state index is 0.349. The van der Waals surface area contributed by atoms with Crippen molar-refractivity contribution in [3.63, 3.8) is 0 Å². The Labute approximate surface area is 78.7 Å². The Kier molecular flexibility index (Phi) is 5.97. The summed E-state index contributed by atoms with van der Waals surface area (Å²) in [5.41, 5.74) is 4.85. The van der Waals surface area contributed by atoms with Gasteiger partial charge in [0.25, 0.3) is 0 Å². The number of hydrogen-bond acceptors (Lipinski definition) is 3. The third-order valence-corrected chi connectivity index (χ3v) is 1.17. The van der Waals surface area contributed by atoms with Gasteiger partial charge in [0, 0.05) is 6.08 Å². The summed E-state index contributed by atoms with van der Waals surface area (Å²) in [7, 11) is 0. The molecule has 0 aliphatic heterocycles. The first-order valence-corrected chi connectivity index (χ1v) is 4.25. The van der Waals surface area contributed by atoms with Crippen molar-refractivity contribution in [2.75, 3.05) is 6.61 Å². The quantitative estimate of drug-likeness (QED) is 0.383. The zero-order valence-electron chi connectivity index (χ0n) is 8.32. The van der Waals surface area contributed by atoms with E-state index < -0.39 is 5.91 Å². The van der Waals surface area contributed by atoms with E-state index in [1.54, 1.807) is 6.92 Å². The van der Waals surface area contributed by atoms with E-state index in [1.165, 1.54) is 6.26 Å². The SMILES string of the molecule is CC(C)COC(C)OC=CC(N)=O. The molecule has 0 rings (SSSR count). The molecular weight excluding hydrogens is 170 g/mol. The van der Waals surface area contributed by atoms with Crippen LogP contribution in [-0.2, 0) is 14.3 Å². The second kappa shape index (κ2) is 6.48. The fourth-order valence-corrected chi connectivity index (χ4v) is 0.584. The van der Waals surface area contributed by atoms with E-state index in [0.29, 0.717) is 12.5 Å². The molecule has 0 aromatic carbocycles. The molecule has 4 heteroatoms. The molecule has 0 aliphatic rings. The Morgan fingerprint density at radius 1 is 1.46 bits per heavy atom. The molecule has 0 spiro atoms. The minimum atomic E-state index is -0.531. The first-order chi connectivity index (χ1) is 6.02. The Morgan fingerprint density at radius 2 is 2.08 bits per heavy atom. The highest BCUT2D eigenvalue weighted by Crippen LogP contribution is 1.99. The summed E-state index contributed by atoms with van der Waals surface area (Å²) in [5.74, 6) is -0.0674. The number of primary amides is 1. The van der Waals surface area contributed by atoms with Crippen LogP contribution in [0.1, 0.15) is 20.8 Å². The average Bonchev–Trinajstić information content (AvgIpc) is 2.00. The first kappa shape index (κ1) is 12.0. The topological polar surface area (TPSA) is 61.6 Å². The smallest absolute Gasteiger partial charge is 0.244 e. The van der Waals surface area contributed by atoms with Crippen LogP contribution in [0.4, 0.5) is 0 Å². The van der Waals surface area contributed by atoms with E-state index in [-0.39, 0.29) is 6.29 Å². The van der Waals surface area contributed by atoms with Crippen LogP contribution in [-0.4, -0.2) is 18.8 Å². The van der Waals surface area contributed by atoms with Crippen LogP contribution in [0.3, 0.4) is 0 Å². The summed E-state index contributed by atoms with van der Waals surface area (Å²) in [6.45, 7) is 6.48. The molecule has 0 aromatic heterocycles. The lowest BCUT2D eigenvalue weighted by molar-refractivity contribution is -0.114. The number of nitrogens with two attached hydrogens (primary N) is 1. The van der Waals surface area contributed by atoms with Gasteiger partial charge in [0.15, 0.2) is 6.29 Å². The molecular formula is C9H17NO3. The van der Waals surface area contributed by atoms with Gasteiger partial charge in [-0.1, -0.05) is 13.8 Å². The van der Waals surface area contributed by atoms with Gasteiger partial charge in [-0.25, -0.2) is 0 Å². The van der Waals surface area contributed by atoms with E-state index in [1.807, 2.05) is 13.8 Å². The molecule has 13 heavy (non-hydrogen) atoms. The molecule has 0 saturated carbocycles. The van der Waals surface area contributed by atoms with Gasteiger partial charge in [-0.2, -0.15) is 0 Å². The van der Waals surface area contributed by atoms with Crippen LogP contribution in [0.2, 0.25) is 0 Å². The van der Waals surface area contributed by atoms with Crippen molar-refractivity contribution in [2.24, 2.45) is 11.7 Å². The lowest BCUT2D eigenvalue weighted by Crippen LogP contribution is -2.14. The zero-order chi connectivity index (χ0) is 10.3. The summed E-state index contributed by atoms with van der Waals surface area (Å²) in [5, 5.41) is 0. The van der Waals surface area contributed by atoms with Crippen LogP contribution in [0.25, 0.3) is 0 Å². The number of carbonyl (C=O) groups is 1. The summed E-state index contributed by atoms with van der Waals surface area (Å²) < 4.78 is 10.3.